The molecular formula is C14H19N3O3. The highest BCUT2D eigenvalue weighted by molar-refractivity contribution is 6.01. The Balaban J connectivity index is 2.29. The minimum Gasteiger partial charge on any atom is -0.393 e. The van der Waals surface area contributed by atoms with Crippen LogP contribution in [-0.2, 0) is 0 Å². The predicted octanol–water partition coefficient (Wildman–Crippen LogP) is 2.30. The molecule has 1 aromatic carbocycles. The summed E-state index contributed by atoms with van der Waals surface area (Å²) in [6.07, 6.45) is 1.09. The van der Waals surface area contributed by atoms with Gasteiger partial charge in [-0.05, 0) is 24.3 Å². The van der Waals surface area contributed by atoms with Crippen LogP contribution in [0.4, 0.5) is 11.4 Å². The first kappa shape index (κ1) is 14.3. The Morgan fingerprint density at radius 3 is 2.50 bits per heavy atom. The van der Waals surface area contributed by atoms with Crippen LogP contribution in [0.15, 0.2) is 18.2 Å². The molecule has 6 heteroatoms. The van der Waals surface area contributed by atoms with Crippen molar-refractivity contribution in [1.29, 1.82) is 0 Å². The first-order chi connectivity index (χ1) is 9.40. The summed E-state index contributed by atoms with van der Waals surface area (Å²) in [5, 5.41) is 10.9. The zero-order chi connectivity index (χ0) is 14.9. The van der Waals surface area contributed by atoms with Crippen LogP contribution in [0.3, 0.4) is 0 Å². The van der Waals surface area contributed by atoms with Gasteiger partial charge < -0.3 is 10.6 Å². The lowest BCUT2D eigenvalue weighted by molar-refractivity contribution is -0.383. The third kappa shape index (κ3) is 2.74. The van der Waals surface area contributed by atoms with E-state index in [0.717, 1.165) is 6.42 Å². The van der Waals surface area contributed by atoms with Crippen molar-refractivity contribution in [1.82, 2.24) is 4.90 Å². The van der Waals surface area contributed by atoms with E-state index in [9.17, 15) is 14.9 Å². The molecule has 2 rings (SSSR count). The van der Waals surface area contributed by atoms with Gasteiger partial charge in [-0.1, -0.05) is 19.9 Å². The smallest absolute Gasteiger partial charge is 0.292 e. The minimum absolute atomic E-state index is 0.0478. The lowest BCUT2D eigenvalue weighted by atomic mass is 9.91. The van der Waals surface area contributed by atoms with Crippen molar-refractivity contribution in [2.45, 2.75) is 20.3 Å². The van der Waals surface area contributed by atoms with Crippen LogP contribution in [0.2, 0.25) is 0 Å². The fraction of sp³-hybridized carbons (Fsp3) is 0.500. The van der Waals surface area contributed by atoms with Crippen molar-refractivity contribution in [2.24, 2.45) is 11.8 Å². The van der Waals surface area contributed by atoms with Gasteiger partial charge in [0.2, 0.25) is 0 Å². The fourth-order valence-corrected chi connectivity index (χ4v) is 2.90. The number of benzene rings is 1. The summed E-state index contributed by atoms with van der Waals surface area (Å²) < 4.78 is 0. The van der Waals surface area contributed by atoms with Gasteiger partial charge in [0.15, 0.2) is 0 Å². The standard InChI is InChI=1S/C14H19N3O3/c1-9-6-10(2)8-16(7-9)14(18)11-4-3-5-12(13(11)15)17(19)20/h3-5,9-10H,6-8,15H2,1-2H3. The van der Waals surface area contributed by atoms with Gasteiger partial charge in [-0.15, -0.1) is 0 Å². The molecule has 2 unspecified atom stereocenters. The maximum Gasteiger partial charge on any atom is 0.292 e. The second-order valence-corrected chi connectivity index (χ2v) is 5.65. The number of anilines is 1. The molecule has 0 aromatic heterocycles. The molecule has 1 aliphatic rings. The van der Waals surface area contributed by atoms with Crippen molar-refractivity contribution in [3.63, 3.8) is 0 Å². The maximum absolute atomic E-state index is 12.5. The fourth-order valence-electron chi connectivity index (χ4n) is 2.90. The minimum atomic E-state index is -0.562. The van der Waals surface area contributed by atoms with Gasteiger partial charge >= 0.3 is 0 Å². The molecule has 1 saturated heterocycles. The van der Waals surface area contributed by atoms with Crippen molar-refractivity contribution in [3.05, 3.63) is 33.9 Å². The van der Waals surface area contributed by atoms with E-state index in [-0.39, 0.29) is 22.8 Å². The largest absolute Gasteiger partial charge is 0.393 e. The molecule has 6 nitrogen and oxygen atoms in total. The summed E-state index contributed by atoms with van der Waals surface area (Å²) in [4.78, 5) is 24.6. The zero-order valence-electron chi connectivity index (χ0n) is 11.7. The van der Waals surface area contributed by atoms with Gasteiger partial charge in [0.1, 0.15) is 5.69 Å². The van der Waals surface area contributed by atoms with Crippen LogP contribution in [0, 0.1) is 22.0 Å². The number of nitro benzene ring substituents is 1. The van der Waals surface area contributed by atoms with Gasteiger partial charge in [-0.25, -0.2) is 0 Å². The Labute approximate surface area is 117 Å². The lowest BCUT2D eigenvalue weighted by Gasteiger charge is -2.35. The van der Waals surface area contributed by atoms with Crippen LogP contribution in [0.5, 0.6) is 0 Å². The Kier molecular flexibility index (Phi) is 3.92. The molecule has 0 saturated carbocycles. The number of hydrogen-bond acceptors (Lipinski definition) is 4. The number of nitro groups is 1. The number of likely N-dealkylation sites (tertiary alicyclic amines) is 1. The van der Waals surface area contributed by atoms with Crippen LogP contribution >= 0.6 is 0 Å². The third-order valence-corrected chi connectivity index (χ3v) is 3.67. The van der Waals surface area contributed by atoms with E-state index < -0.39 is 4.92 Å². The molecule has 1 aliphatic heterocycles. The number of para-hydroxylation sites is 1. The molecule has 1 aromatic rings. The Morgan fingerprint density at radius 2 is 1.95 bits per heavy atom. The predicted molar refractivity (Wildman–Crippen MR) is 76.4 cm³/mol. The number of rotatable bonds is 2. The molecule has 1 fully saturated rings. The number of carbonyl (C=O) groups is 1. The number of amides is 1. The average molecular weight is 277 g/mol. The number of hydrogen-bond donors (Lipinski definition) is 1. The first-order valence-electron chi connectivity index (χ1n) is 6.72. The van der Waals surface area contributed by atoms with Crippen LogP contribution < -0.4 is 5.73 Å². The van der Waals surface area contributed by atoms with E-state index in [4.69, 9.17) is 5.73 Å². The molecule has 0 bridgehead atoms. The molecule has 108 valence electrons. The van der Waals surface area contributed by atoms with Crippen molar-refractivity contribution < 1.29 is 9.72 Å². The lowest BCUT2D eigenvalue weighted by Crippen LogP contribution is -2.42. The SMILES string of the molecule is CC1CC(C)CN(C(=O)c2cccc([N+](=O)[O-])c2N)C1. The zero-order valence-corrected chi connectivity index (χ0v) is 11.7. The van der Waals surface area contributed by atoms with Crippen LogP contribution in [-0.4, -0.2) is 28.8 Å². The summed E-state index contributed by atoms with van der Waals surface area (Å²) >= 11 is 0. The highest BCUT2D eigenvalue weighted by Gasteiger charge is 2.28. The first-order valence-corrected chi connectivity index (χ1v) is 6.72. The third-order valence-electron chi connectivity index (χ3n) is 3.67. The maximum atomic E-state index is 12.5. The summed E-state index contributed by atoms with van der Waals surface area (Å²) in [5.74, 6) is 0.648. The van der Waals surface area contributed by atoms with Gasteiger partial charge in [0.05, 0.1) is 10.5 Å². The molecule has 0 radical (unpaired) electrons. The normalized spacial score (nSPS) is 22.6. The van der Waals surface area contributed by atoms with Gasteiger partial charge in [-0.3, -0.25) is 14.9 Å². The summed E-state index contributed by atoms with van der Waals surface area (Å²) in [6, 6.07) is 4.36. The summed E-state index contributed by atoms with van der Waals surface area (Å²) in [5.41, 5.74) is 5.73. The van der Waals surface area contributed by atoms with Crippen molar-refractivity contribution >= 4 is 17.3 Å². The number of nitrogen functional groups attached to an aromatic ring is 1. The monoisotopic (exact) mass is 277 g/mol. The van der Waals surface area contributed by atoms with E-state index in [0.29, 0.717) is 24.9 Å². The Morgan fingerprint density at radius 1 is 1.35 bits per heavy atom. The molecule has 2 N–H and O–H groups in total. The van der Waals surface area contributed by atoms with E-state index in [1.165, 1.54) is 12.1 Å². The van der Waals surface area contributed by atoms with E-state index in [1.54, 1.807) is 11.0 Å². The average Bonchev–Trinajstić information content (AvgIpc) is 2.36. The highest BCUT2D eigenvalue weighted by Crippen LogP contribution is 2.28. The van der Waals surface area contributed by atoms with Crippen LogP contribution in [0.1, 0.15) is 30.6 Å². The van der Waals surface area contributed by atoms with E-state index in [2.05, 4.69) is 13.8 Å². The highest BCUT2D eigenvalue weighted by atomic mass is 16.6. The molecule has 0 aliphatic carbocycles. The number of piperidine rings is 1. The molecule has 1 amide bonds. The summed E-state index contributed by atoms with van der Waals surface area (Å²) in [6.45, 7) is 5.55. The van der Waals surface area contributed by atoms with E-state index >= 15 is 0 Å². The van der Waals surface area contributed by atoms with Crippen molar-refractivity contribution in [2.75, 3.05) is 18.8 Å². The van der Waals surface area contributed by atoms with Gasteiger partial charge in [-0.2, -0.15) is 0 Å². The summed E-state index contributed by atoms with van der Waals surface area (Å²) in [7, 11) is 0. The Bertz CT molecular complexity index is 534. The second-order valence-electron chi connectivity index (χ2n) is 5.65. The number of nitrogens with zero attached hydrogens (tertiary/aromatic N) is 2. The second kappa shape index (κ2) is 5.48. The molecule has 1 heterocycles. The number of carbonyl (C=O) groups excluding carboxylic acids is 1. The van der Waals surface area contributed by atoms with Crippen LogP contribution in [0.25, 0.3) is 0 Å². The van der Waals surface area contributed by atoms with Crippen molar-refractivity contribution in [3.8, 4) is 0 Å². The van der Waals surface area contributed by atoms with E-state index in [1.807, 2.05) is 0 Å². The van der Waals surface area contributed by atoms with Gasteiger partial charge in [0, 0.05) is 19.2 Å². The number of nitrogens with two attached hydrogens (primary N) is 1. The molecule has 0 spiro atoms. The quantitative estimate of drug-likeness (QED) is 0.510. The van der Waals surface area contributed by atoms with Gasteiger partial charge in [0.25, 0.3) is 11.6 Å². The molecule has 2 atom stereocenters. The Hall–Kier alpha value is -2.11. The topological polar surface area (TPSA) is 89.5 Å². The molecular weight excluding hydrogens is 258 g/mol. The molecule has 20 heavy (non-hydrogen) atoms.